The second-order valence-corrected chi connectivity index (χ2v) is 10.3. The van der Waals surface area contributed by atoms with Gasteiger partial charge in [-0.25, -0.2) is 4.39 Å². The SMILES string of the molecule is CC(C)C(Oc1cc(F)c2c(c1)OCC(CN1CCC(C(=O)O)CC1)=C2)c1ccc2n[nH]c(Cl)c2c1. The highest BCUT2D eigenvalue weighted by Crippen LogP contribution is 2.37. The Morgan fingerprint density at radius 1 is 1.31 bits per heavy atom. The van der Waals surface area contributed by atoms with Gasteiger partial charge >= 0.3 is 5.97 Å². The lowest BCUT2D eigenvalue weighted by atomic mass is 9.96. The van der Waals surface area contributed by atoms with Gasteiger partial charge in [0.05, 0.1) is 17.0 Å². The lowest BCUT2D eigenvalue weighted by Gasteiger charge is -2.31. The van der Waals surface area contributed by atoms with E-state index in [1.807, 2.05) is 38.1 Å². The highest BCUT2D eigenvalue weighted by Gasteiger charge is 2.26. The molecule has 2 aromatic carbocycles. The lowest BCUT2D eigenvalue weighted by Crippen LogP contribution is -2.38. The van der Waals surface area contributed by atoms with Gasteiger partial charge in [0, 0.05) is 24.1 Å². The number of halogens is 2. The van der Waals surface area contributed by atoms with Gasteiger partial charge in [0.1, 0.15) is 35.2 Å². The molecule has 3 aromatic rings. The summed E-state index contributed by atoms with van der Waals surface area (Å²) in [4.78, 5) is 13.4. The minimum Gasteiger partial charge on any atom is -0.488 e. The Morgan fingerprint density at radius 3 is 2.81 bits per heavy atom. The quantitative estimate of drug-likeness (QED) is 0.421. The predicted molar refractivity (Wildman–Crippen MR) is 136 cm³/mol. The molecule has 0 amide bonds. The first kappa shape index (κ1) is 24.6. The lowest BCUT2D eigenvalue weighted by molar-refractivity contribution is -0.143. The Balaban J connectivity index is 1.32. The Kier molecular flexibility index (Phi) is 6.90. The molecule has 2 aliphatic rings. The third-order valence-corrected chi connectivity index (χ3v) is 7.21. The van der Waals surface area contributed by atoms with Gasteiger partial charge in [-0.15, -0.1) is 0 Å². The topological polar surface area (TPSA) is 87.7 Å². The van der Waals surface area contributed by atoms with Gasteiger partial charge in [0.25, 0.3) is 0 Å². The van der Waals surface area contributed by atoms with Gasteiger partial charge in [-0.3, -0.25) is 14.8 Å². The largest absolute Gasteiger partial charge is 0.488 e. The summed E-state index contributed by atoms with van der Waals surface area (Å²) >= 11 is 6.22. The molecular weight excluding hydrogens is 485 g/mol. The fourth-order valence-corrected chi connectivity index (χ4v) is 5.13. The van der Waals surface area contributed by atoms with Gasteiger partial charge < -0.3 is 14.6 Å². The van der Waals surface area contributed by atoms with Crippen LogP contribution >= 0.6 is 11.6 Å². The summed E-state index contributed by atoms with van der Waals surface area (Å²) in [6.07, 6.45) is 2.79. The number of nitrogens with zero attached hydrogens (tertiary/aromatic N) is 2. The van der Waals surface area contributed by atoms with Crippen molar-refractivity contribution in [2.45, 2.75) is 32.8 Å². The number of piperidine rings is 1. The highest BCUT2D eigenvalue weighted by atomic mass is 35.5. The van der Waals surface area contributed by atoms with Crippen LogP contribution in [0, 0.1) is 17.7 Å². The van der Waals surface area contributed by atoms with Crippen molar-refractivity contribution >= 4 is 34.5 Å². The smallest absolute Gasteiger partial charge is 0.306 e. The number of likely N-dealkylation sites (tertiary alicyclic amines) is 1. The summed E-state index contributed by atoms with van der Waals surface area (Å²) in [5.41, 5.74) is 3.08. The Morgan fingerprint density at radius 2 is 2.08 bits per heavy atom. The van der Waals surface area contributed by atoms with Crippen LogP contribution in [-0.2, 0) is 4.79 Å². The molecule has 36 heavy (non-hydrogen) atoms. The molecule has 2 N–H and O–H groups in total. The van der Waals surface area contributed by atoms with E-state index in [2.05, 4.69) is 15.1 Å². The normalized spacial score (nSPS) is 17.5. The number of carboxylic acids is 1. The van der Waals surface area contributed by atoms with E-state index in [4.69, 9.17) is 21.1 Å². The minimum absolute atomic E-state index is 0.116. The number of hydrogen-bond acceptors (Lipinski definition) is 5. The average Bonchev–Trinajstić information content (AvgIpc) is 3.23. The number of benzene rings is 2. The van der Waals surface area contributed by atoms with Gasteiger partial charge in [-0.1, -0.05) is 31.5 Å². The molecule has 1 atom stereocenters. The van der Waals surface area contributed by atoms with Crippen LogP contribution in [0.15, 0.2) is 35.9 Å². The summed E-state index contributed by atoms with van der Waals surface area (Å²) in [7, 11) is 0. The average molecular weight is 514 g/mol. The predicted octanol–water partition coefficient (Wildman–Crippen LogP) is 5.70. The number of H-pyrrole nitrogens is 1. The number of carboxylic acid groups (broad SMARTS) is 1. The number of ether oxygens (including phenoxy) is 2. The van der Waals surface area contributed by atoms with Crippen LogP contribution in [0.25, 0.3) is 17.0 Å². The van der Waals surface area contributed by atoms with Crippen molar-refractivity contribution in [3.05, 3.63) is 58.0 Å². The zero-order valence-corrected chi connectivity index (χ0v) is 21.0. The zero-order chi connectivity index (χ0) is 25.4. The third kappa shape index (κ3) is 5.06. The van der Waals surface area contributed by atoms with Crippen molar-refractivity contribution < 1.29 is 23.8 Å². The van der Waals surface area contributed by atoms with Crippen LogP contribution in [0.3, 0.4) is 0 Å². The molecule has 5 rings (SSSR count). The Hall–Kier alpha value is -3.10. The molecule has 1 fully saturated rings. The number of aliphatic carboxylic acids is 1. The molecule has 2 aliphatic heterocycles. The number of carbonyl (C=O) groups is 1. The van der Waals surface area contributed by atoms with Crippen LogP contribution in [0.4, 0.5) is 4.39 Å². The maximum absolute atomic E-state index is 15.2. The van der Waals surface area contributed by atoms with E-state index in [1.54, 1.807) is 6.07 Å². The zero-order valence-electron chi connectivity index (χ0n) is 20.3. The van der Waals surface area contributed by atoms with Crippen molar-refractivity contribution in [3.8, 4) is 11.5 Å². The van der Waals surface area contributed by atoms with Crippen LogP contribution in [0.1, 0.15) is 43.9 Å². The first-order valence-electron chi connectivity index (χ1n) is 12.2. The summed E-state index contributed by atoms with van der Waals surface area (Å²) in [6, 6.07) is 8.93. The van der Waals surface area contributed by atoms with Crippen molar-refractivity contribution in [2.24, 2.45) is 11.8 Å². The van der Waals surface area contributed by atoms with Crippen molar-refractivity contribution in [1.29, 1.82) is 0 Å². The molecule has 9 heteroatoms. The maximum atomic E-state index is 15.2. The van der Waals surface area contributed by atoms with Crippen LogP contribution < -0.4 is 9.47 Å². The number of hydrogen-bond donors (Lipinski definition) is 2. The second-order valence-electron chi connectivity index (χ2n) is 9.89. The highest BCUT2D eigenvalue weighted by molar-refractivity contribution is 6.34. The fraction of sp³-hybridized carbons (Fsp3) is 0.407. The molecule has 190 valence electrons. The molecule has 0 bridgehead atoms. The molecule has 0 radical (unpaired) electrons. The van der Waals surface area contributed by atoms with Gasteiger partial charge in [0.2, 0.25) is 0 Å². The second kappa shape index (κ2) is 10.1. The number of nitrogens with one attached hydrogen (secondary N) is 1. The van der Waals surface area contributed by atoms with Gasteiger partial charge in [0.15, 0.2) is 0 Å². The molecular formula is C27H29ClFN3O4. The number of aromatic nitrogens is 2. The molecule has 1 unspecified atom stereocenters. The van der Waals surface area contributed by atoms with Crippen LogP contribution in [-0.4, -0.2) is 52.4 Å². The summed E-state index contributed by atoms with van der Waals surface area (Å²) in [5, 5.41) is 17.4. The minimum atomic E-state index is -0.727. The number of rotatable bonds is 7. The molecule has 0 saturated carbocycles. The van der Waals surface area contributed by atoms with E-state index in [0.717, 1.165) is 22.0 Å². The Bertz CT molecular complexity index is 1310. The van der Waals surface area contributed by atoms with Crippen LogP contribution in [0.2, 0.25) is 5.15 Å². The number of aromatic amines is 1. The van der Waals surface area contributed by atoms with Crippen molar-refractivity contribution in [1.82, 2.24) is 15.1 Å². The van der Waals surface area contributed by atoms with E-state index in [0.29, 0.717) is 61.3 Å². The summed E-state index contributed by atoms with van der Waals surface area (Å²) < 4.78 is 27.4. The molecule has 7 nitrogen and oxygen atoms in total. The molecule has 0 aliphatic carbocycles. The fourth-order valence-electron chi connectivity index (χ4n) is 4.94. The van der Waals surface area contributed by atoms with E-state index in [9.17, 15) is 9.90 Å². The molecule has 1 aromatic heterocycles. The maximum Gasteiger partial charge on any atom is 0.306 e. The first-order chi connectivity index (χ1) is 17.3. The van der Waals surface area contributed by atoms with Gasteiger partial charge in [-0.05, 0) is 61.2 Å². The van der Waals surface area contributed by atoms with Gasteiger partial charge in [-0.2, -0.15) is 5.10 Å². The summed E-state index contributed by atoms with van der Waals surface area (Å²) in [6.45, 7) is 6.51. The van der Waals surface area contributed by atoms with Crippen molar-refractivity contribution in [3.63, 3.8) is 0 Å². The van der Waals surface area contributed by atoms with E-state index >= 15 is 4.39 Å². The molecule has 3 heterocycles. The van der Waals surface area contributed by atoms with E-state index in [1.165, 1.54) is 6.07 Å². The number of fused-ring (bicyclic) bond motifs is 2. The summed E-state index contributed by atoms with van der Waals surface area (Å²) in [5.74, 6) is -0.438. The Labute approximate surface area is 213 Å². The van der Waals surface area contributed by atoms with E-state index < -0.39 is 11.8 Å². The van der Waals surface area contributed by atoms with Crippen LogP contribution in [0.5, 0.6) is 11.5 Å². The molecule has 1 saturated heterocycles. The van der Waals surface area contributed by atoms with Crippen molar-refractivity contribution in [2.75, 3.05) is 26.2 Å². The standard InChI is InChI=1S/C27H29ClFN3O4/c1-15(2)25(18-3-4-23-21(10-18)26(28)31-30-23)36-19-11-22(29)20-9-16(14-35-24(20)12-19)13-32-7-5-17(6-8-32)27(33)34/h3-4,9-12,15,17,25H,5-8,13-14H2,1-2H3,(H,30,31)(H,33,34). The monoisotopic (exact) mass is 513 g/mol. The first-order valence-corrected chi connectivity index (χ1v) is 12.6. The molecule has 0 spiro atoms. The van der Waals surface area contributed by atoms with E-state index in [-0.39, 0.29) is 17.9 Å². The third-order valence-electron chi connectivity index (χ3n) is 6.92.